The summed E-state index contributed by atoms with van der Waals surface area (Å²) >= 11 is 0. The number of hydrogen-bond acceptors (Lipinski definition) is 3. The normalized spacial score (nSPS) is 13.0. The van der Waals surface area contributed by atoms with E-state index < -0.39 is 11.8 Å². The molecule has 0 aromatic rings. The summed E-state index contributed by atoms with van der Waals surface area (Å²) < 4.78 is 10.7. The van der Waals surface area contributed by atoms with Crippen molar-refractivity contribution in [2.75, 3.05) is 13.2 Å². The summed E-state index contributed by atoms with van der Waals surface area (Å²) in [5.74, 6) is -1.90. The summed E-state index contributed by atoms with van der Waals surface area (Å²) in [7, 11) is 0. The van der Waals surface area contributed by atoms with E-state index in [2.05, 4.69) is 0 Å². The fraction of sp³-hybridized carbons (Fsp3) is 0.700. The van der Waals surface area contributed by atoms with Crippen molar-refractivity contribution in [1.82, 2.24) is 0 Å². The predicted octanol–water partition coefficient (Wildman–Crippen LogP) is 1.81. The van der Waals surface area contributed by atoms with Crippen molar-refractivity contribution in [3.63, 3.8) is 0 Å². The number of carbonyl (C=O) groups is 1. The molecule has 4 nitrogen and oxygen atoms in total. The standard InChI is InChI=1S/C10H18O4/c1-5-13-10(4,14-6-2)7-8(3)9(11)12/h7H,5-6H2,1-4H3,(H,11,12)/b8-7+. The maximum absolute atomic E-state index is 10.6. The molecule has 0 heterocycles. The van der Waals surface area contributed by atoms with Gasteiger partial charge in [0, 0.05) is 18.8 Å². The maximum Gasteiger partial charge on any atom is 0.331 e. The van der Waals surface area contributed by atoms with Crippen molar-refractivity contribution in [1.29, 1.82) is 0 Å². The van der Waals surface area contributed by atoms with E-state index >= 15 is 0 Å². The van der Waals surface area contributed by atoms with E-state index in [0.717, 1.165) is 0 Å². The van der Waals surface area contributed by atoms with Gasteiger partial charge in [-0.2, -0.15) is 0 Å². The highest BCUT2D eigenvalue weighted by molar-refractivity contribution is 5.85. The molecule has 0 spiro atoms. The van der Waals surface area contributed by atoms with Crippen molar-refractivity contribution in [3.8, 4) is 0 Å². The summed E-state index contributed by atoms with van der Waals surface area (Å²) in [6.45, 7) is 7.83. The largest absolute Gasteiger partial charge is 0.478 e. The molecule has 0 aromatic carbocycles. The van der Waals surface area contributed by atoms with Gasteiger partial charge in [0.25, 0.3) is 0 Å². The van der Waals surface area contributed by atoms with E-state index in [1.54, 1.807) is 6.92 Å². The first-order valence-corrected chi connectivity index (χ1v) is 4.65. The van der Waals surface area contributed by atoms with Crippen LogP contribution in [0.15, 0.2) is 11.6 Å². The van der Waals surface area contributed by atoms with Gasteiger partial charge < -0.3 is 14.6 Å². The number of carboxylic acids is 1. The lowest BCUT2D eigenvalue weighted by Crippen LogP contribution is -2.31. The molecule has 0 fully saturated rings. The van der Waals surface area contributed by atoms with E-state index in [-0.39, 0.29) is 5.57 Å². The van der Waals surface area contributed by atoms with Gasteiger partial charge in [-0.15, -0.1) is 0 Å². The van der Waals surface area contributed by atoms with Gasteiger partial charge in [-0.05, 0) is 33.8 Å². The molecule has 0 unspecified atom stereocenters. The average molecular weight is 202 g/mol. The Morgan fingerprint density at radius 1 is 1.36 bits per heavy atom. The van der Waals surface area contributed by atoms with Crippen LogP contribution in [0.1, 0.15) is 27.7 Å². The van der Waals surface area contributed by atoms with Gasteiger partial charge in [0.2, 0.25) is 0 Å². The fourth-order valence-corrected chi connectivity index (χ4v) is 1.15. The van der Waals surface area contributed by atoms with Crippen LogP contribution in [-0.2, 0) is 14.3 Å². The van der Waals surface area contributed by atoms with E-state index in [9.17, 15) is 4.79 Å². The van der Waals surface area contributed by atoms with Crippen LogP contribution in [0.5, 0.6) is 0 Å². The zero-order valence-electron chi connectivity index (χ0n) is 9.16. The number of carboxylic acid groups (broad SMARTS) is 1. The van der Waals surface area contributed by atoms with Crippen molar-refractivity contribution < 1.29 is 19.4 Å². The second-order valence-electron chi connectivity index (χ2n) is 3.01. The topological polar surface area (TPSA) is 55.8 Å². The quantitative estimate of drug-likeness (QED) is 0.527. The van der Waals surface area contributed by atoms with Crippen LogP contribution >= 0.6 is 0 Å². The monoisotopic (exact) mass is 202 g/mol. The van der Waals surface area contributed by atoms with Crippen LogP contribution in [0.4, 0.5) is 0 Å². The molecular weight excluding hydrogens is 184 g/mol. The molecule has 0 saturated carbocycles. The van der Waals surface area contributed by atoms with Gasteiger partial charge in [0.15, 0.2) is 5.79 Å². The summed E-state index contributed by atoms with van der Waals surface area (Å²) in [6.07, 6.45) is 1.47. The third-order valence-corrected chi connectivity index (χ3v) is 1.68. The van der Waals surface area contributed by atoms with Crippen molar-refractivity contribution in [3.05, 3.63) is 11.6 Å². The second kappa shape index (κ2) is 5.78. The van der Waals surface area contributed by atoms with Gasteiger partial charge in [0.1, 0.15) is 0 Å². The Morgan fingerprint density at radius 2 is 1.79 bits per heavy atom. The molecule has 0 bridgehead atoms. The first-order valence-electron chi connectivity index (χ1n) is 4.65. The second-order valence-corrected chi connectivity index (χ2v) is 3.01. The summed E-state index contributed by atoms with van der Waals surface area (Å²) in [6, 6.07) is 0. The number of rotatable bonds is 6. The Morgan fingerprint density at radius 3 is 2.07 bits per heavy atom. The molecule has 0 radical (unpaired) electrons. The number of aliphatic carboxylic acids is 1. The first-order chi connectivity index (χ1) is 6.45. The number of ether oxygens (including phenoxy) is 2. The van der Waals surface area contributed by atoms with Gasteiger partial charge in [-0.1, -0.05) is 0 Å². The lowest BCUT2D eigenvalue weighted by molar-refractivity contribution is -0.187. The van der Waals surface area contributed by atoms with Crippen LogP contribution in [-0.4, -0.2) is 30.1 Å². The third-order valence-electron chi connectivity index (χ3n) is 1.68. The molecule has 0 rings (SSSR count). The fourth-order valence-electron chi connectivity index (χ4n) is 1.15. The molecule has 0 amide bonds. The summed E-state index contributed by atoms with van der Waals surface area (Å²) in [5.41, 5.74) is 0.217. The van der Waals surface area contributed by atoms with Gasteiger partial charge in [-0.25, -0.2) is 4.79 Å². The minimum Gasteiger partial charge on any atom is -0.478 e. The van der Waals surface area contributed by atoms with Gasteiger partial charge in [-0.3, -0.25) is 0 Å². The highest BCUT2D eigenvalue weighted by Gasteiger charge is 2.23. The van der Waals surface area contributed by atoms with Crippen LogP contribution in [0, 0.1) is 0 Å². The molecule has 0 aromatic heterocycles. The molecular formula is C10H18O4. The molecule has 4 heteroatoms. The minimum absolute atomic E-state index is 0.217. The van der Waals surface area contributed by atoms with Gasteiger partial charge in [0.05, 0.1) is 0 Å². The SMILES string of the molecule is CCOC(C)(/C=C(\C)C(=O)O)OCC. The zero-order chi connectivity index (χ0) is 11.2. The van der Waals surface area contributed by atoms with Crippen molar-refractivity contribution in [2.24, 2.45) is 0 Å². The summed E-state index contributed by atoms with van der Waals surface area (Å²) in [4.78, 5) is 10.6. The Kier molecular flexibility index (Phi) is 5.42. The molecule has 1 N–H and O–H groups in total. The van der Waals surface area contributed by atoms with Crippen LogP contribution in [0.3, 0.4) is 0 Å². The van der Waals surface area contributed by atoms with Crippen LogP contribution in [0.25, 0.3) is 0 Å². The highest BCUT2D eigenvalue weighted by Crippen LogP contribution is 2.16. The highest BCUT2D eigenvalue weighted by atomic mass is 16.7. The van der Waals surface area contributed by atoms with Crippen molar-refractivity contribution in [2.45, 2.75) is 33.5 Å². The lowest BCUT2D eigenvalue weighted by Gasteiger charge is -2.26. The van der Waals surface area contributed by atoms with E-state index in [4.69, 9.17) is 14.6 Å². The smallest absolute Gasteiger partial charge is 0.331 e. The average Bonchev–Trinajstić information content (AvgIpc) is 2.04. The minimum atomic E-state index is -0.962. The Hall–Kier alpha value is -0.870. The zero-order valence-corrected chi connectivity index (χ0v) is 9.16. The van der Waals surface area contributed by atoms with Gasteiger partial charge >= 0.3 is 5.97 Å². The first kappa shape index (κ1) is 13.1. The Labute approximate surface area is 84.5 Å². The molecule has 14 heavy (non-hydrogen) atoms. The predicted molar refractivity (Wildman–Crippen MR) is 53.0 cm³/mol. The van der Waals surface area contributed by atoms with E-state index in [0.29, 0.717) is 13.2 Å². The molecule has 0 saturated heterocycles. The van der Waals surface area contributed by atoms with Crippen LogP contribution < -0.4 is 0 Å². The molecule has 0 atom stereocenters. The van der Waals surface area contributed by atoms with E-state index in [1.165, 1.54) is 13.0 Å². The number of hydrogen-bond donors (Lipinski definition) is 1. The third kappa shape index (κ3) is 4.39. The van der Waals surface area contributed by atoms with Crippen LogP contribution in [0.2, 0.25) is 0 Å². The maximum atomic E-state index is 10.6. The molecule has 0 aliphatic carbocycles. The molecule has 0 aliphatic heterocycles. The summed E-state index contributed by atoms with van der Waals surface area (Å²) in [5, 5.41) is 8.70. The Balaban J connectivity index is 4.64. The molecule has 82 valence electrons. The van der Waals surface area contributed by atoms with E-state index in [1.807, 2.05) is 13.8 Å². The molecule has 0 aliphatic rings. The Bertz CT molecular complexity index is 214. The van der Waals surface area contributed by atoms with Crippen molar-refractivity contribution >= 4 is 5.97 Å². The lowest BCUT2D eigenvalue weighted by atomic mass is 10.2.